The van der Waals surface area contributed by atoms with E-state index in [0.29, 0.717) is 0 Å². The number of carbonyl (C=O) groups is 1. The Morgan fingerprint density at radius 3 is 2.50 bits per heavy atom. The van der Waals surface area contributed by atoms with Crippen LogP contribution in [0.4, 0.5) is 0 Å². The molecule has 0 aliphatic carbocycles. The van der Waals surface area contributed by atoms with Crippen molar-refractivity contribution < 1.29 is 9.90 Å². The minimum atomic E-state index is -0.777. The van der Waals surface area contributed by atoms with Crippen LogP contribution >= 0.6 is 12.4 Å². The summed E-state index contributed by atoms with van der Waals surface area (Å²) in [7, 11) is 1.85. The van der Waals surface area contributed by atoms with Crippen LogP contribution in [0.25, 0.3) is 10.8 Å². The molecule has 2 rings (SSSR count). The Kier molecular flexibility index (Phi) is 5.99. The molecule has 3 nitrogen and oxygen atoms in total. The highest BCUT2D eigenvalue weighted by Crippen LogP contribution is 2.16. The fourth-order valence-electron chi connectivity index (χ4n) is 2.08. The first-order valence-corrected chi connectivity index (χ1v) is 6.48. The van der Waals surface area contributed by atoms with E-state index in [0.717, 1.165) is 13.0 Å². The van der Waals surface area contributed by atoms with Crippen LogP contribution < -0.4 is 0 Å². The van der Waals surface area contributed by atoms with Gasteiger partial charge >= 0.3 is 5.97 Å². The standard InChI is InChI=1S/C16H19NO2.ClH/c1-12(16(18)19)17(2)10-9-13-7-8-14-5-3-4-6-15(14)11-13;/h3-8,11-12H,9-10H2,1-2H3,(H,18,19);1H. The molecule has 0 saturated heterocycles. The molecular formula is C16H20ClNO2. The van der Waals surface area contributed by atoms with Crippen LogP contribution in [-0.2, 0) is 11.2 Å². The number of benzene rings is 2. The lowest BCUT2D eigenvalue weighted by atomic mass is 10.0. The third kappa shape index (κ3) is 3.95. The van der Waals surface area contributed by atoms with Gasteiger partial charge < -0.3 is 5.11 Å². The lowest BCUT2D eigenvalue weighted by Crippen LogP contribution is -2.37. The molecule has 2 aromatic rings. The number of likely N-dealkylation sites (N-methyl/N-ethyl adjacent to an activating group) is 1. The predicted molar refractivity (Wildman–Crippen MR) is 84.6 cm³/mol. The topological polar surface area (TPSA) is 40.5 Å². The van der Waals surface area contributed by atoms with E-state index in [-0.39, 0.29) is 12.4 Å². The summed E-state index contributed by atoms with van der Waals surface area (Å²) in [4.78, 5) is 12.7. The van der Waals surface area contributed by atoms with Crippen molar-refractivity contribution in [3.05, 3.63) is 48.0 Å². The highest BCUT2D eigenvalue weighted by atomic mass is 35.5. The highest BCUT2D eigenvalue weighted by molar-refractivity contribution is 5.85. The molecule has 1 N–H and O–H groups in total. The number of carboxylic acid groups (broad SMARTS) is 1. The summed E-state index contributed by atoms with van der Waals surface area (Å²) >= 11 is 0. The van der Waals surface area contributed by atoms with Crippen molar-refractivity contribution in [2.45, 2.75) is 19.4 Å². The zero-order valence-corrected chi connectivity index (χ0v) is 12.6. The molecule has 4 heteroatoms. The molecule has 0 fully saturated rings. The summed E-state index contributed by atoms with van der Waals surface area (Å²) in [6, 6.07) is 14.2. The van der Waals surface area contributed by atoms with E-state index in [1.54, 1.807) is 6.92 Å². The average molecular weight is 294 g/mol. The van der Waals surface area contributed by atoms with Crippen LogP contribution in [0.2, 0.25) is 0 Å². The molecule has 108 valence electrons. The second-order valence-corrected chi connectivity index (χ2v) is 4.93. The van der Waals surface area contributed by atoms with Crippen LogP contribution in [0, 0.1) is 0 Å². The smallest absolute Gasteiger partial charge is 0.320 e. The van der Waals surface area contributed by atoms with Gasteiger partial charge in [-0.2, -0.15) is 0 Å². The molecule has 0 heterocycles. The van der Waals surface area contributed by atoms with Gasteiger partial charge in [-0.05, 0) is 36.7 Å². The number of aliphatic carboxylic acids is 1. The largest absolute Gasteiger partial charge is 0.480 e. The van der Waals surface area contributed by atoms with Gasteiger partial charge in [-0.15, -0.1) is 12.4 Å². The summed E-state index contributed by atoms with van der Waals surface area (Å²) in [5, 5.41) is 11.4. The van der Waals surface area contributed by atoms with Crippen LogP contribution in [0.5, 0.6) is 0 Å². The highest BCUT2D eigenvalue weighted by Gasteiger charge is 2.15. The first-order chi connectivity index (χ1) is 9.08. The Balaban J connectivity index is 0.00000200. The molecule has 1 unspecified atom stereocenters. The van der Waals surface area contributed by atoms with Crippen LogP contribution in [0.1, 0.15) is 12.5 Å². The van der Waals surface area contributed by atoms with Gasteiger partial charge in [0.15, 0.2) is 0 Å². The first kappa shape index (κ1) is 16.5. The summed E-state index contributed by atoms with van der Waals surface area (Å²) < 4.78 is 0. The number of hydrogen-bond donors (Lipinski definition) is 1. The number of rotatable bonds is 5. The van der Waals surface area contributed by atoms with Gasteiger partial charge in [-0.3, -0.25) is 9.69 Å². The first-order valence-electron chi connectivity index (χ1n) is 6.48. The van der Waals surface area contributed by atoms with Gasteiger partial charge in [0, 0.05) is 6.54 Å². The van der Waals surface area contributed by atoms with Crippen LogP contribution in [0.15, 0.2) is 42.5 Å². The SMILES string of the molecule is CC(C(=O)O)N(C)CCc1ccc2ccccc2c1.Cl. The fraction of sp³-hybridized carbons (Fsp3) is 0.312. The van der Waals surface area contributed by atoms with Gasteiger partial charge in [0.1, 0.15) is 6.04 Å². The number of hydrogen-bond acceptors (Lipinski definition) is 2. The van der Waals surface area contributed by atoms with Crippen LogP contribution in [-0.4, -0.2) is 35.6 Å². The third-order valence-corrected chi connectivity index (χ3v) is 3.59. The van der Waals surface area contributed by atoms with E-state index in [1.165, 1.54) is 16.3 Å². The molecule has 0 spiro atoms. The van der Waals surface area contributed by atoms with Crippen molar-refractivity contribution in [1.82, 2.24) is 4.90 Å². The molecule has 0 saturated carbocycles. The maximum absolute atomic E-state index is 10.9. The van der Waals surface area contributed by atoms with Gasteiger partial charge in [0.2, 0.25) is 0 Å². The number of carboxylic acids is 1. The number of halogens is 1. The lowest BCUT2D eigenvalue weighted by molar-refractivity contribution is -0.142. The average Bonchev–Trinajstić information content (AvgIpc) is 2.43. The normalized spacial score (nSPS) is 12.2. The van der Waals surface area contributed by atoms with Gasteiger partial charge in [0.25, 0.3) is 0 Å². The van der Waals surface area contributed by atoms with Crippen molar-refractivity contribution >= 4 is 29.1 Å². The van der Waals surface area contributed by atoms with E-state index < -0.39 is 12.0 Å². The van der Waals surface area contributed by atoms with E-state index in [9.17, 15) is 4.79 Å². The Labute approximate surface area is 125 Å². The maximum Gasteiger partial charge on any atom is 0.320 e. The Morgan fingerprint density at radius 1 is 1.20 bits per heavy atom. The van der Waals surface area contributed by atoms with Crippen molar-refractivity contribution in [1.29, 1.82) is 0 Å². The van der Waals surface area contributed by atoms with Gasteiger partial charge in [0.05, 0.1) is 0 Å². The van der Waals surface area contributed by atoms with E-state index in [4.69, 9.17) is 5.11 Å². The molecule has 2 aromatic carbocycles. The molecule has 20 heavy (non-hydrogen) atoms. The van der Waals surface area contributed by atoms with Gasteiger partial charge in [-0.25, -0.2) is 0 Å². The molecule has 0 radical (unpaired) electrons. The number of nitrogens with zero attached hydrogens (tertiary/aromatic N) is 1. The molecule has 0 aliphatic rings. The summed E-state index contributed by atoms with van der Waals surface area (Å²) in [6.45, 7) is 2.45. The quantitative estimate of drug-likeness (QED) is 0.920. The number of fused-ring (bicyclic) bond motifs is 1. The minimum Gasteiger partial charge on any atom is -0.480 e. The zero-order chi connectivity index (χ0) is 13.8. The molecule has 0 aromatic heterocycles. The predicted octanol–water partition coefficient (Wildman–Crippen LogP) is 3.21. The van der Waals surface area contributed by atoms with E-state index >= 15 is 0 Å². The Bertz CT molecular complexity index is 585. The fourth-order valence-corrected chi connectivity index (χ4v) is 2.08. The molecular weight excluding hydrogens is 274 g/mol. The third-order valence-electron chi connectivity index (χ3n) is 3.59. The second-order valence-electron chi connectivity index (χ2n) is 4.93. The van der Waals surface area contributed by atoms with E-state index in [2.05, 4.69) is 30.3 Å². The van der Waals surface area contributed by atoms with E-state index in [1.807, 2.05) is 24.1 Å². The maximum atomic E-state index is 10.9. The summed E-state index contributed by atoms with van der Waals surface area (Å²) in [5.41, 5.74) is 1.24. The zero-order valence-electron chi connectivity index (χ0n) is 11.7. The second kappa shape index (κ2) is 7.27. The van der Waals surface area contributed by atoms with Gasteiger partial charge in [-0.1, -0.05) is 42.5 Å². The Morgan fingerprint density at radius 2 is 1.85 bits per heavy atom. The van der Waals surface area contributed by atoms with Crippen LogP contribution in [0.3, 0.4) is 0 Å². The lowest BCUT2D eigenvalue weighted by Gasteiger charge is -2.20. The molecule has 0 bridgehead atoms. The van der Waals surface area contributed by atoms with Crippen molar-refractivity contribution in [3.63, 3.8) is 0 Å². The monoisotopic (exact) mass is 293 g/mol. The van der Waals surface area contributed by atoms with Crippen molar-refractivity contribution in [2.24, 2.45) is 0 Å². The molecule has 0 aliphatic heterocycles. The molecule has 1 atom stereocenters. The van der Waals surface area contributed by atoms with Crippen molar-refractivity contribution in [2.75, 3.05) is 13.6 Å². The molecule has 0 amide bonds. The summed E-state index contributed by atoms with van der Waals surface area (Å²) in [6.07, 6.45) is 0.860. The Hall–Kier alpha value is -1.58. The summed E-state index contributed by atoms with van der Waals surface area (Å²) in [5.74, 6) is -0.777. The van der Waals surface area contributed by atoms with Crippen molar-refractivity contribution in [3.8, 4) is 0 Å². The minimum absolute atomic E-state index is 0.